The molecule has 0 saturated heterocycles. The van der Waals surface area contributed by atoms with Gasteiger partial charge in [0.15, 0.2) is 0 Å². The largest absolute Gasteiger partial charge is 0.406 e. The minimum atomic E-state index is -4.37. The summed E-state index contributed by atoms with van der Waals surface area (Å²) in [6.45, 7) is 1.00. The third-order valence-corrected chi connectivity index (χ3v) is 2.06. The molecule has 1 rings (SSSR count). The van der Waals surface area contributed by atoms with Crippen molar-refractivity contribution in [1.82, 2.24) is 0 Å². The number of hydrogen-bond donors (Lipinski definition) is 1. The molecule has 78 valence electrons. The predicted octanol–water partition coefficient (Wildman–Crippen LogP) is 2.51. The molecule has 0 bridgehead atoms. The van der Waals surface area contributed by atoms with E-state index in [0.717, 1.165) is 6.92 Å². The van der Waals surface area contributed by atoms with Gasteiger partial charge in [0.05, 0.1) is 0 Å². The van der Waals surface area contributed by atoms with Gasteiger partial charge in [-0.05, 0) is 18.9 Å². The minimum Gasteiger partial charge on any atom is -0.318 e. The maximum absolute atomic E-state index is 12.4. The van der Waals surface area contributed by atoms with E-state index in [-0.39, 0.29) is 6.42 Å². The second-order valence-corrected chi connectivity index (χ2v) is 3.58. The molecule has 1 atom stereocenters. The van der Waals surface area contributed by atoms with Gasteiger partial charge in [-0.1, -0.05) is 30.3 Å². The van der Waals surface area contributed by atoms with Crippen molar-refractivity contribution in [2.45, 2.75) is 25.1 Å². The molecule has 0 aromatic heterocycles. The second kappa shape index (κ2) is 3.61. The van der Waals surface area contributed by atoms with Crippen LogP contribution < -0.4 is 5.73 Å². The van der Waals surface area contributed by atoms with E-state index in [1.165, 1.54) is 0 Å². The smallest absolute Gasteiger partial charge is 0.318 e. The SMILES string of the molecule is C[C@](N)(Cc1ccccc1)C(F)(F)F. The summed E-state index contributed by atoms with van der Waals surface area (Å²) in [6.07, 6.45) is -4.57. The Morgan fingerprint density at radius 3 is 2.07 bits per heavy atom. The van der Waals surface area contributed by atoms with Gasteiger partial charge in [0, 0.05) is 0 Å². The third kappa shape index (κ3) is 2.48. The van der Waals surface area contributed by atoms with Crippen LogP contribution >= 0.6 is 0 Å². The highest BCUT2D eigenvalue weighted by atomic mass is 19.4. The average molecular weight is 203 g/mol. The molecule has 0 spiro atoms. The van der Waals surface area contributed by atoms with E-state index in [4.69, 9.17) is 5.73 Å². The number of rotatable bonds is 2. The Morgan fingerprint density at radius 1 is 1.14 bits per heavy atom. The first kappa shape index (κ1) is 11.0. The fourth-order valence-electron chi connectivity index (χ4n) is 1.12. The topological polar surface area (TPSA) is 26.0 Å². The lowest BCUT2D eigenvalue weighted by Crippen LogP contribution is -2.52. The van der Waals surface area contributed by atoms with Crippen LogP contribution in [0.2, 0.25) is 0 Å². The molecule has 0 saturated carbocycles. The van der Waals surface area contributed by atoms with E-state index >= 15 is 0 Å². The van der Waals surface area contributed by atoms with Gasteiger partial charge in [0.1, 0.15) is 5.54 Å². The van der Waals surface area contributed by atoms with Crippen molar-refractivity contribution in [2.75, 3.05) is 0 Å². The molecular weight excluding hydrogens is 191 g/mol. The molecule has 0 unspecified atom stereocenters. The molecule has 0 aliphatic carbocycles. The molecule has 0 aliphatic rings. The van der Waals surface area contributed by atoms with Crippen LogP contribution in [0.15, 0.2) is 30.3 Å². The Morgan fingerprint density at radius 2 is 1.64 bits per heavy atom. The van der Waals surface area contributed by atoms with Gasteiger partial charge in [-0.3, -0.25) is 0 Å². The summed E-state index contributed by atoms with van der Waals surface area (Å²) < 4.78 is 37.2. The molecule has 0 radical (unpaired) electrons. The molecule has 1 nitrogen and oxygen atoms in total. The molecule has 1 aromatic rings. The van der Waals surface area contributed by atoms with E-state index in [2.05, 4.69) is 0 Å². The Balaban J connectivity index is 2.79. The zero-order valence-electron chi connectivity index (χ0n) is 7.81. The van der Waals surface area contributed by atoms with Crippen molar-refractivity contribution in [1.29, 1.82) is 0 Å². The zero-order valence-corrected chi connectivity index (χ0v) is 7.81. The van der Waals surface area contributed by atoms with Gasteiger partial charge in [-0.15, -0.1) is 0 Å². The predicted molar refractivity (Wildman–Crippen MR) is 48.8 cm³/mol. The molecule has 0 amide bonds. The van der Waals surface area contributed by atoms with E-state index in [0.29, 0.717) is 5.56 Å². The Hall–Kier alpha value is -1.03. The van der Waals surface area contributed by atoms with Gasteiger partial charge in [0.2, 0.25) is 0 Å². The summed E-state index contributed by atoms with van der Waals surface area (Å²) in [4.78, 5) is 0. The highest BCUT2D eigenvalue weighted by molar-refractivity contribution is 5.18. The van der Waals surface area contributed by atoms with Crippen LogP contribution in [-0.2, 0) is 6.42 Å². The number of benzene rings is 1. The Bertz CT molecular complexity index is 290. The summed E-state index contributed by atoms with van der Waals surface area (Å²) in [6, 6.07) is 8.42. The quantitative estimate of drug-likeness (QED) is 0.785. The third-order valence-electron chi connectivity index (χ3n) is 2.06. The van der Waals surface area contributed by atoms with Crippen LogP contribution in [0, 0.1) is 0 Å². The van der Waals surface area contributed by atoms with Gasteiger partial charge >= 0.3 is 6.18 Å². The van der Waals surface area contributed by atoms with Gasteiger partial charge in [-0.25, -0.2) is 0 Å². The van der Waals surface area contributed by atoms with Crippen molar-refractivity contribution in [3.63, 3.8) is 0 Å². The Labute approximate surface area is 80.7 Å². The van der Waals surface area contributed by atoms with Crippen LogP contribution in [0.25, 0.3) is 0 Å². The molecule has 0 aliphatic heterocycles. The monoisotopic (exact) mass is 203 g/mol. The standard InChI is InChI=1S/C10H12F3N/c1-9(14,10(11,12)13)7-8-5-3-2-4-6-8/h2-6H,7,14H2,1H3/t9-/m0/s1. The molecule has 14 heavy (non-hydrogen) atoms. The summed E-state index contributed by atoms with van der Waals surface area (Å²) in [5.74, 6) is 0. The fraction of sp³-hybridized carbons (Fsp3) is 0.400. The lowest BCUT2D eigenvalue weighted by atomic mass is 9.93. The number of nitrogens with two attached hydrogens (primary N) is 1. The van der Waals surface area contributed by atoms with Crippen LogP contribution in [-0.4, -0.2) is 11.7 Å². The first-order valence-electron chi connectivity index (χ1n) is 4.22. The van der Waals surface area contributed by atoms with Crippen molar-refractivity contribution >= 4 is 0 Å². The van der Waals surface area contributed by atoms with Gasteiger partial charge in [-0.2, -0.15) is 13.2 Å². The maximum Gasteiger partial charge on any atom is 0.406 e. The van der Waals surface area contributed by atoms with Crippen molar-refractivity contribution in [2.24, 2.45) is 5.73 Å². The van der Waals surface area contributed by atoms with E-state index < -0.39 is 11.7 Å². The van der Waals surface area contributed by atoms with Gasteiger partial charge in [0.25, 0.3) is 0 Å². The lowest BCUT2D eigenvalue weighted by Gasteiger charge is -2.27. The van der Waals surface area contributed by atoms with Crippen LogP contribution in [0.5, 0.6) is 0 Å². The normalized spacial score (nSPS) is 16.4. The average Bonchev–Trinajstić information content (AvgIpc) is 2.03. The lowest BCUT2D eigenvalue weighted by molar-refractivity contribution is -0.180. The maximum atomic E-state index is 12.4. The fourth-order valence-corrected chi connectivity index (χ4v) is 1.12. The summed E-state index contributed by atoms with van der Waals surface area (Å²) in [5, 5.41) is 0. The highest BCUT2D eigenvalue weighted by Gasteiger charge is 2.47. The molecule has 2 N–H and O–H groups in total. The molecule has 1 aromatic carbocycles. The van der Waals surface area contributed by atoms with Crippen LogP contribution in [0.1, 0.15) is 12.5 Å². The van der Waals surface area contributed by atoms with Crippen molar-refractivity contribution in [3.05, 3.63) is 35.9 Å². The molecule has 0 heterocycles. The Kier molecular flexibility index (Phi) is 2.85. The van der Waals surface area contributed by atoms with E-state index in [1.807, 2.05) is 0 Å². The molecule has 0 fully saturated rings. The second-order valence-electron chi connectivity index (χ2n) is 3.58. The van der Waals surface area contributed by atoms with Crippen molar-refractivity contribution in [3.8, 4) is 0 Å². The zero-order chi connectivity index (χ0) is 10.8. The summed E-state index contributed by atoms with van der Waals surface area (Å²) in [7, 11) is 0. The number of hydrogen-bond acceptors (Lipinski definition) is 1. The first-order chi connectivity index (χ1) is 6.33. The highest BCUT2D eigenvalue weighted by Crippen LogP contribution is 2.30. The van der Waals surface area contributed by atoms with E-state index in [9.17, 15) is 13.2 Å². The summed E-state index contributed by atoms with van der Waals surface area (Å²) in [5.41, 5.74) is 3.63. The number of halogens is 3. The first-order valence-corrected chi connectivity index (χ1v) is 4.22. The molecule has 4 heteroatoms. The van der Waals surface area contributed by atoms with E-state index in [1.54, 1.807) is 30.3 Å². The summed E-state index contributed by atoms with van der Waals surface area (Å²) >= 11 is 0. The van der Waals surface area contributed by atoms with Crippen LogP contribution in [0.4, 0.5) is 13.2 Å². The minimum absolute atomic E-state index is 0.197. The van der Waals surface area contributed by atoms with Crippen LogP contribution in [0.3, 0.4) is 0 Å². The number of alkyl halides is 3. The van der Waals surface area contributed by atoms with Gasteiger partial charge < -0.3 is 5.73 Å². The van der Waals surface area contributed by atoms with Crippen molar-refractivity contribution < 1.29 is 13.2 Å². The molecular formula is C10H12F3N.